The molecule has 0 aliphatic rings. The number of amides is 1. The summed E-state index contributed by atoms with van der Waals surface area (Å²) in [6.07, 6.45) is 17.9. The molecule has 10 heteroatoms. The lowest BCUT2D eigenvalue weighted by Crippen LogP contribution is -2.44. The Kier molecular flexibility index (Phi) is 18.3. The van der Waals surface area contributed by atoms with E-state index in [-0.39, 0.29) is 29.5 Å². The summed E-state index contributed by atoms with van der Waals surface area (Å²) in [7, 11) is 0.615. The Balaban J connectivity index is 2.44. The standard InChI is InChI=1S/C31H55N2O7P/c1-6-7-8-9-10-11-12-13-14-15-16-17-18-19-20-24-29(35)32-27-22-21-23-28(31(27)26(2)34)39-30(25-33(3,4)5)40-41(36,37)38/h21-23,30H,6-20,24-25H2,1-5H3,(H2-,32,34,35,36,37,38)/p+1. The Labute approximate surface area is 248 Å². The summed E-state index contributed by atoms with van der Waals surface area (Å²) >= 11 is 0. The van der Waals surface area contributed by atoms with Gasteiger partial charge in [-0.15, -0.1) is 0 Å². The van der Waals surface area contributed by atoms with Gasteiger partial charge in [-0.25, -0.2) is 9.09 Å². The van der Waals surface area contributed by atoms with Crippen LogP contribution in [0.5, 0.6) is 5.75 Å². The number of Topliss-reactive ketones (excluding diaryl/α,β-unsaturated/α-hetero) is 1. The number of phosphoric acid groups is 1. The topological polar surface area (TPSA) is 122 Å². The number of ether oxygens (including phenoxy) is 1. The predicted octanol–water partition coefficient (Wildman–Crippen LogP) is 7.61. The normalized spacial score (nSPS) is 12.8. The van der Waals surface area contributed by atoms with Crippen LogP contribution < -0.4 is 10.1 Å². The van der Waals surface area contributed by atoms with Gasteiger partial charge in [0, 0.05) is 6.42 Å². The third-order valence-electron chi connectivity index (χ3n) is 6.87. The number of unbranched alkanes of at least 4 members (excludes halogenated alkanes) is 14. The Morgan fingerprint density at radius 3 is 1.78 bits per heavy atom. The molecule has 1 aromatic rings. The van der Waals surface area contributed by atoms with Crippen molar-refractivity contribution < 1.29 is 37.7 Å². The molecule has 0 radical (unpaired) electrons. The predicted molar refractivity (Wildman–Crippen MR) is 165 cm³/mol. The SMILES string of the molecule is CCCCCCCCCCCCCCCCCC(=O)Nc1cccc(OC(C[N+](C)(C)C)OP(=O)(O)O)c1C(C)=O. The second kappa shape index (κ2) is 20.2. The number of likely N-dealkylation sites (N-methyl/N-ethyl adjacent to an activating group) is 1. The van der Waals surface area contributed by atoms with Crippen LogP contribution in [0.4, 0.5) is 5.69 Å². The van der Waals surface area contributed by atoms with Gasteiger partial charge in [-0.05, 0) is 25.5 Å². The zero-order valence-corrected chi connectivity index (χ0v) is 27.1. The zero-order valence-electron chi connectivity index (χ0n) is 26.2. The van der Waals surface area contributed by atoms with Gasteiger partial charge in [0.2, 0.25) is 5.91 Å². The summed E-state index contributed by atoms with van der Waals surface area (Å²) in [6.45, 7) is 3.72. The number of phosphoric ester groups is 1. The minimum absolute atomic E-state index is 0.0918. The largest absolute Gasteiger partial charge is 0.472 e. The van der Waals surface area contributed by atoms with Crippen molar-refractivity contribution in [2.24, 2.45) is 0 Å². The van der Waals surface area contributed by atoms with E-state index >= 15 is 0 Å². The fourth-order valence-electron chi connectivity index (χ4n) is 4.80. The Morgan fingerprint density at radius 1 is 0.854 bits per heavy atom. The number of nitrogens with zero attached hydrogens (tertiary/aromatic N) is 1. The number of quaternary nitrogens is 1. The molecule has 236 valence electrons. The summed E-state index contributed by atoms with van der Waals surface area (Å²) in [5, 5.41) is 2.81. The summed E-state index contributed by atoms with van der Waals surface area (Å²) in [4.78, 5) is 43.8. The van der Waals surface area contributed by atoms with Crippen molar-refractivity contribution in [3.63, 3.8) is 0 Å². The highest BCUT2D eigenvalue weighted by atomic mass is 31.2. The van der Waals surface area contributed by atoms with Gasteiger partial charge in [-0.3, -0.25) is 9.59 Å². The average molecular weight is 600 g/mol. The molecule has 3 N–H and O–H groups in total. The Morgan fingerprint density at radius 2 is 1.34 bits per heavy atom. The van der Waals surface area contributed by atoms with E-state index in [9.17, 15) is 23.9 Å². The van der Waals surface area contributed by atoms with Gasteiger partial charge in [0.25, 0.3) is 6.29 Å². The fraction of sp³-hybridized carbons (Fsp3) is 0.742. The molecular formula is C31H56N2O7P+. The van der Waals surface area contributed by atoms with E-state index in [2.05, 4.69) is 12.2 Å². The maximum Gasteiger partial charge on any atom is 0.472 e. The van der Waals surface area contributed by atoms with Gasteiger partial charge >= 0.3 is 7.82 Å². The lowest BCUT2D eigenvalue weighted by molar-refractivity contribution is -0.875. The number of carbonyl (C=O) groups is 2. The van der Waals surface area contributed by atoms with Crippen LogP contribution in [0.15, 0.2) is 18.2 Å². The second-order valence-corrected chi connectivity index (χ2v) is 13.3. The molecule has 0 saturated carbocycles. The number of hydrogen-bond donors (Lipinski definition) is 3. The smallest absolute Gasteiger partial charge is 0.457 e. The van der Waals surface area contributed by atoms with Crippen LogP contribution in [-0.2, 0) is 13.9 Å². The zero-order chi connectivity index (χ0) is 30.7. The molecule has 0 saturated heterocycles. The highest BCUT2D eigenvalue weighted by Gasteiger charge is 2.30. The van der Waals surface area contributed by atoms with Crippen LogP contribution in [0.3, 0.4) is 0 Å². The molecular weight excluding hydrogens is 543 g/mol. The number of hydrogen-bond acceptors (Lipinski definition) is 5. The summed E-state index contributed by atoms with van der Waals surface area (Å²) in [5.74, 6) is -0.439. The van der Waals surface area contributed by atoms with E-state index in [1.54, 1.807) is 12.1 Å². The molecule has 0 aromatic heterocycles. The lowest BCUT2D eigenvalue weighted by Gasteiger charge is -2.29. The monoisotopic (exact) mass is 599 g/mol. The van der Waals surface area contributed by atoms with Gasteiger partial charge in [0.15, 0.2) is 5.78 Å². The highest BCUT2D eigenvalue weighted by Crippen LogP contribution is 2.39. The molecule has 0 heterocycles. The van der Waals surface area contributed by atoms with Crippen LogP contribution >= 0.6 is 7.82 Å². The van der Waals surface area contributed by atoms with Crippen molar-refractivity contribution in [1.82, 2.24) is 0 Å². The number of benzene rings is 1. The van der Waals surface area contributed by atoms with Crippen molar-refractivity contribution >= 4 is 25.2 Å². The average Bonchev–Trinajstić information content (AvgIpc) is 2.84. The number of carbonyl (C=O) groups excluding carboxylic acids is 2. The first-order valence-electron chi connectivity index (χ1n) is 15.5. The van der Waals surface area contributed by atoms with Gasteiger partial charge in [-0.2, -0.15) is 0 Å². The molecule has 0 aliphatic heterocycles. The van der Waals surface area contributed by atoms with Crippen LogP contribution in [0.1, 0.15) is 127 Å². The lowest BCUT2D eigenvalue weighted by atomic mass is 10.0. The Bertz CT molecular complexity index is 943. The van der Waals surface area contributed by atoms with E-state index in [1.165, 1.54) is 90.0 Å². The third-order valence-corrected chi connectivity index (χ3v) is 7.38. The highest BCUT2D eigenvalue weighted by molar-refractivity contribution is 7.46. The minimum Gasteiger partial charge on any atom is -0.457 e. The molecule has 0 fully saturated rings. The first-order chi connectivity index (χ1) is 19.3. The summed E-state index contributed by atoms with van der Waals surface area (Å²) in [5.41, 5.74) is 0.444. The van der Waals surface area contributed by atoms with E-state index in [0.29, 0.717) is 16.6 Å². The minimum atomic E-state index is -4.84. The van der Waals surface area contributed by atoms with Crippen LogP contribution in [-0.4, -0.2) is 59.9 Å². The van der Waals surface area contributed by atoms with Gasteiger partial charge in [0.05, 0.1) is 32.4 Å². The Hall–Kier alpha value is -1.77. The second-order valence-electron chi connectivity index (χ2n) is 12.1. The molecule has 1 aromatic carbocycles. The van der Waals surface area contributed by atoms with Crippen molar-refractivity contribution in [2.45, 2.75) is 123 Å². The molecule has 9 nitrogen and oxygen atoms in total. The maximum absolute atomic E-state index is 12.6. The molecule has 0 aliphatic carbocycles. The molecule has 1 atom stereocenters. The van der Waals surface area contributed by atoms with E-state index in [0.717, 1.165) is 19.3 Å². The quantitative estimate of drug-likeness (QED) is 0.0367. The van der Waals surface area contributed by atoms with E-state index in [1.807, 2.05) is 21.1 Å². The third kappa shape index (κ3) is 19.1. The van der Waals surface area contributed by atoms with E-state index < -0.39 is 14.1 Å². The van der Waals surface area contributed by atoms with Crippen molar-refractivity contribution in [3.8, 4) is 5.75 Å². The first kappa shape index (κ1) is 37.3. The van der Waals surface area contributed by atoms with Crippen LogP contribution in [0, 0.1) is 0 Å². The fourth-order valence-corrected chi connectivity index (χ4v) is 5.22. The van der Waals surface area contributed by atoms with Gasteiger partial charge < -0.3 is 24.3 Å². The molecule has 1 rings (SSSR count). The molecule has 1 unspecified atom stereocenters. The van der Waals surface area contributed by atoms with Crippen LogP contribution in [0.25, 0.3) is 0 Å². The summed E-state index contributed by atoms with van der Waals surface area (Å²) < 4.78 is 22.4. The number of anilines is 1. The summed E-state index contributed by atoms with van der Waals surface area (Å²) in [6, 6.07) is 4.75. The molecule has 1 amide bonds. The molecule has 0 bridgehead atoms. The number of ketones is 1. The number of nitrogens with one attached hydrogen (secondary N) is 1. The van der Waals surface area contributed by atoms with E-state index in [4.69, 9.17) is 9.26 Å². The van der Waals surface area contributed by atoms with Crippen molar-refractivity contribution in [2.75, 3.05) is 33.0 Å². The van der Waals surface area contributed by atoms with Crippen molar-refractivity contribution in [1.29, 1.82) is 0 Å². The molecule has 41 heavy (non-hydrogen) atoms. The van der Waals surface area contributed by atoms with Gasteiger partial charge in [-0.1, -0.05) is 103 Å². The maximum atomic E-state index is 12.6. The van der Waals surface area contributed by atoms with Crippen molar-refractivity contribution in [3.05, 3.63) is 23.8 Å². The van der Waals surface area contributed by atoms with Crippen LogP contribution in [0.2, 0.25) is 0 Å². The molecule has 0 spiro atoms. The number of rotatable bonds is 24. The van der Waals surface area contributed by atoms with Gasteiger partial charge in [0.1, 0.15) is 12.3 Å². The first-order valence-corrected chi connectivity index (χ1v) is 17.0.